The minimum absolute atomic E-state index is 0.0856. The van der Waals surface area contributed by atoms with E-state index in [0.717, 1.165) is 35.2 Å². The lowest BCUT2D eigenvalue weighted by Crippen LogP contribution is -2.23. The molecule has 3 aromatic heterocycles. The monoisotopic (exact) mass is 319 g/mol. The standard InChI is InChI=1S/C12H13N7O2S/c1-6-5-19-11(14-6)22-12(16-19)18-4-2-3-7(18)10-15-9(8(13)20)17-21-10/h5,7H,2-4H2,1H3,(H2,13,20)/t7-/m1/s1. The highest BCUT2D eigenvalue weighted by Crippen LogP contribution is 2.37. The second-order valence-corrected chi connectivity index (χ2v) is 6.10. The van der Waals surface area contributed by atoms with Crippen molar-refractivity contribution in [3.8, 4) is 0 Å². The predicted octanol–water partition coefficient (Wildman–Crippen LogP) is 0.923. The molecule has 4 heterocycles. The Morgan fingerprint density at radius 1 is 1.50 bits per heavy atom. The van der Waals surface area contributed by atoms with Crippen molar-refractivity contribution in [2.24, 2.45) is 5.73 Å². The maximum atomic E-state index is 11.1. The molecule has 0 radical (unpaired) electrons. The molecule has 1 aliphatic rings. The fourth-order valence-corrected chi connectivity index (χ4v) is 3.64. The number of nitrogens with two attached hydrogens (primary N) is 1. The van der Waals surface area contributed by atoms with Crippen LogP contribution in [0.2, 0.25) is 0 Å². The third kappa shape index (κ3) is 2.03. The van der Waals surface area contributed by atoms with E-state index in [-0.39, 0.29) is 11.9 Å². The van der Waals surface area contributed by atoms with E-state index in [2.05, 4.69) is 25.1 Å². The molecule has 114 valence electrons. The minimum Gasteiger partial charge on any atom is -0.363 e. The van der Waals surface area contributed by atoms with Crippen LogP contribution in [0.5, 0.6) is 0 Å². The largest absolute Gasteiger partial charge is 0.363 e. The topological polar surface area (TPSA) is 115 Å². The highest BCUT2D eigenvalue weighted by molar-refractivity contribution is 7.20. The Hall–Kier alpha value is -2.49. The molecule has 0 unspecified atom stereocenters. The highest BCUT2D eigenvalue weighted by atomic mass is 32.1. The van der Waals surface area contributed by atoms with Gasteiger partial charge in [0.25, 0.3) is 11.7 Å². The number of aryl methyl sites for hydroxylation is 1. The van der Waals surface area contributed by atoms with Gasteiger partial charge in [-0.3, -0.25) is 4.79 Å². The summed E-state index contributed by atoms with van der Waals surface area (Å²) in [4.78, 5) is 22.5. The first-order valence-electron chi connectivity index (χ1n) is 6.84. The van der Waals surface area contributed by atoms with Crippen LogP contribution in [0.25, 0.3) is 4.96 Å². The maximum Gasteiger partial charge on any atom is 0.290 e. The van der Waals surface area contributed by atoms with Gasteiger partial charge >= 0.3 is 0 Å². The number of fused-ring (bicyclic) bond motifs is 1. The number of anilines is 1. The Morgan fingerprint density at radius 2 is 2.36 bits per heavy atom. The quantitative estimate of drug-likeness (QED) is 0.763. The summed E-state index contributed by atoms with van der Waals surface area (Å²) in [5.74, 6) is -0.385. The van der Waals surface area contributed by atoms with E-state index >= 15 is 0 Å². The molecule has 10 heteroatoms. The van der Waals surface area contributed by atoms with Crippen LogP contribution in [0, 0.1) is 6.92 Å². The lowest BCUT2D eigenvalue weighted by molar-refractivity contribution is 0.0987. The molecule has 1 atom stereocenters. The lowest BCUT2D eigenvalue weighted by Gasteiger charge is -2.19. The molecule has 4 rings (SSSR count). The van der Waals surface area contributed by atoms with E-state index in [1.165, 1.54) is 11.3 Å². The van der Waals surface area contributed by atoms with Crippen molar-refractivity contribution in [2.45, 2.75) is 25.8 Å². The van der Waals surface area contributed by atoms with Gasteiger partial charge < -0.3 is 15.2 Å². The Labute approximate surface area is 128 Å². The average molecular weight is 319 g/mol. The number of imidazole rings is 1. The average Bonchev–Trinajstić information content (AvgIpc) is 3.19. The zero-order chi connectivity index (χ0) is 15.3. The fraction of sp³-hybridized carbons (Fsp3) is 0.417. The van der Waals surface area contributed by atoms with Crippen LogP contribution in [0.1, 0.15) is 41.1 Å². The summed E-state index contributed by atoms with van der Waals surface area (Å²) in [6.45, 7) is 2.78. The Morgan fingerprint density at radius 3 is 3.09 bits per heavy atom. The van der Waals surface area contributed by atoms with E-state index < -0.39 is 5.91 Å². The number of aromatic nitrogens is 5. The molecule has 9 nitrogen and oxygen atoms in total. The third-order valence-electron chi connectivity index (χ3n) is 3.60. The minimum atomic E-state index is -0.692. The summed E-state index contributed by atoms with van der Waals surface area (Å²) in [7, 11) is 0. The van der Waals surface area contributed by atoms with Crippen LogP contribution in [-0.4, -0.2) is 37.2 Å². The number of hydrogen-bond acceptors (Lipinski definition) is 8. The van der Waals surface area contributed by atoms with Gasteiger partial charge in [0.1, 0.15) is 6.04 Å². The van der Waals surface area contributed by atoms with Crippen LogP contribution in [0.15, 0.2) is 10.7 Å². The Balaban J connectivity index is 1.67. The number of hydrogen-bond donors (Lipinski definition) is 1. The van der Waals surface area contributed by atoms with Crippen LogP contribution < -0.4 is 10.6 Å². The van der Waals surface area contributed by atoms with Crippen LogP contribution in [-0.2, 0) is 0 Å². The van der Waals surface area contributed by atoms with Crippen LogP contribution in [0.3, 0.4) is 0 Å². The molecule has 0 aliphatic carbocycles. The van der Waals surface area contributed by atoms with Gasteiger partial charge in [-0.25, -0.2) is 9.50 Å². The van der Waals surface area contributed by atoms with E-state index in [0.29, 0.717) is 5.89 Å². The van der Waals surface area contributed by atoms with E-state index in [1.807, 2.05) is 13.1 Å². The first-order chi connectivity index (χ1) is 10.6. The van der Waals surface area contributed by atoms with Gasteiger partial charge in [-0.2, -0.15) is 4.98 Å². The number of nitrogens with zero attached hydrogens (tertiary/aromatic N) is 6. The molecule has 1 saturated heterocycles. The molecule has 0 spiro atoms. The molecule has 0 bridgehead atoms. The number of primary amides is 1. The van der Waals surface area contributed by atoms with E-state index in [9.17, 15) is 4.79 Å². The SMILES string of the molecule is Cc1cn2nc(N3CCC[C@@H]3c3nc(C(N)=O)no3)sc2n1. The number of carbonyl (C=O) groups excluding carboxylic acids is 1. The molecular weight excluding hydrogens is 306 g/mol. The summed E-state index contributed by atoms with van der Waals surface area (Å²) in [5.41, 5.74) is 6.10. The van der Waals surface area contributed by atoms with Gasteiger partial charge in [0.2, 0.25) is 16.0 Å². The van der Waals surface area contributed by atoms with Crippen molar-refractivity contribution in [1.29, 1.82) is 0 Å². The molecule has 3 aromatic rings. The van der Waals surface area contributed by atoms with Gasteiger partial charge in [-0.15, -0.1) is 5.10 Å². The second-order valence-electron chi connectivity index (χ2n) is 5.17. The summed E-state index contributed by atoms with van der Waals surface area (Å²) in [6, 6.07) is -0.0856. The second kappa shape index (κ2) is 4.77. The fourth-order valence-electron chi connectivity index (χ4n) is 2.64. The first-order valence-corrected chi connectivity index (χ1v) is 7.66. The Bertz CT molecular complexity index is 819. The molecule has 22 heavy (non-hydrogen) atoms. The van der Waals surface area contributed by atoms with Crippen molar-refractivity contribution in [3.05, 3.63) is 23.6 Å². The number of amides is 1. The molecule has 1 fully saturated rings. The summed E-state index contributed by atoms with van der Waals surface area (Å²) >= 11 is 1.51. The smallest absolute Gasteiger partial charge is 0.290 e. The molecule has 1 amide bonds. The molecule has 0 aromatic carbocycles. The molecular formula is C12H13N7O2S. The van der Waals surface area contributed by atoms with E-state index in [1.54, 1.807) is 4.52 Å². The summed E-state index contributed by atoms with van der Waals surface area (Å²) in [5, 5.41) is 9.01. The molecule has 1 aliphatic heterocycles. The number of rotatable bonds is 3. The van der Waals surface area contributed by atoms with Crippen molar-refractivity contribution < 1.29 is 9.32 Å². The van der Waals surface area contributed by atoms with Gasteiger partial charge in [0, 0.05) is 6.54 Å². The zero-order valence-electron chi connectivity index (χ0n) is 11.8. The lowest BCUT2D eigenvalue weighted by atomic mass is 10.2. The van der Waals surface area contributed by atoms with Crippen molar-refractivity contribution in [1.82, 2.24) is 24.7 Å². The zero-order valence-corrected chi connectivity index (χ0v) is 12.6. The van der Waals surface area contributed by atoms with Gasteiger partial charge in [0.05, 0.1) is 11.9 Å². The summed E-state index contributed by atoms with van der Waals surface area (Å²) < 4.78 is 6.96. The van der Waals surface area contributed by atoms with Gasteiger partial charge in [-0.05, 0) is 19.8 Å². The van der Waals surface area contributed by atoms with Gasteiger partial charge in [-0.1, -0.05) is 16.5 Å². The third-order valence-corrected chi connectivity index (χ3v) is 4.56. The maximum absolute atomic E-state index is 11.1. The molecule has 2 N–H and O–H groups in total. The normalized spacial score (nSPS) is 18.4. The van der Waals surface area contributed by atoms with Crippen LogP contribution >= 0.6 is 11.3 Å². The van der Waals surface area contributed by atoms with Gasteiger partial charge in [0.15, 0.2) is 0 Å². The van der Waals surface area contributed by atoms with E-state index in [4.69, 9.17) is 10.3 Å². The summed E-state index contributed by atoms with van der Waals surface area (Å²) in [6.07, 6.45) is 3.74. The van der Waals surface area contributed by atoms with Crippen molar-refractivity contribution >= 4 is 27.3 Å². The van der Waals surface area contributed by atoms with Crippen molar-refractivity contribution in [3.63, 3.8) is 0 Å². The highest BCUT2D eigenvalue weighted by Gasteiger charge is 2.33. The first kappa shape index (κ1) is 13.2. The van der Waals surface area contributed by atoms with Crippen LogP contribution in [0.4, 0.5) is 5.13 Å². The molecule has 0 saturated carbocycles. The predicted molar refractivity (Wildman–Crippen MR) is 77.7 cm³/mol. The van der Waals surface area contributed by atoms with Crippen molar-refractivity contribution in [2.75, 3.05) is 11.4 Å². The number of carbonyl (C=O) groups is 1. The Kier molecular flexibility index (Phi) is 2.86.